The molecule has 0 aromatic heterocycles. The summed E-state index contributed by atoms with van der Waals surface area (Å²) < 4.78 is 5.36. The number of hydrazine groups is 1. The molecule has 4 nitrogen and oxygen atoms in total. The van der Waals surface area contributed by atoms with Crippen molar-refractivity contribution in [1.29, 1.82) is 0 Å². The van der Waals surface area contributed by atoms with Crippen LogP contribution in [0.3, 0.4) is 0 Å². The van der Waals surface area contributed by atoms with Crippen molar-refractivity contribution in [2.75, 3.05) is 13.7 Å². The van der Waals surface area contributed by atoms with Gasteiger partial charge in [-0.1, -0.05) is 42.5 Å². The zero-order chi connectivity index (χ0) is 13.5. The first-order valence-corrected chi connectivity index (χ1v) is 6.03. The van der Waals surface area contributed by atoms with Crippen molar-refractivity contribution < 1.29 is 9.53 Å². The van der Waals surface area contributed by atoms with E-state index in [1.165, 1.54) is 0 Å². The third-order valence-corrected chi connectivity index (χ3v) is 2.60. The number of hydrogen-bond acceptors (Lipinski definition) is 3. The number of amides is 1. The van der Waals surface area contributed by atoms with Crippen LogP contribution in [-0.4, -0.2) is 19.6 Å². The lowest BCUT2D eigenvalue weighted by molar-refractivity contribution is -0.123. The lowest BCUT2D eigenvalue weighted by Gasteiger charge is -2.07. The Morgan fingerprint density at radius 2 is 1.63 bits per heavy atom. The molecule has 1 amide bonds. The van der Waals surface area contributed by atoms with E-state index in [1.54, 1.807) is 7.05 Å². The zero-order valence-electron chi connectivity index (χ0n) is 10.7. The second-order valence-electron chi connectivity index (χ2n) is 3.98. The zero-order valence-corrected chi connectivity index (χ0v) is 10.7. The molecule has 2 aromatic carbocycles. The summed E-state index contributed by atoms with van der Waals surface area (Å²) >= 11 is 0. The van der Waals surface area contributed by atoms with Crippen LogP contribution in [-0.2, 0) is 4.79 Å². The van der Waals surface area contributed by atoms with Gasteiger partial charge in [0.25, 0.3) is 5.91 Å². The Bertz CT molecular complexity index is 524. The van der Waals surface area contributed by atoms with Crippen LogP contribution in [0.2, 0.25) is 0 Å². The molecule has 0 unspecified atom stereocenters. The standard InChI is InChI=1S/C15H16N2O2/c1-16-17-15(18)11-19-14-9-7-13(8-10-14)12-5-3-2-4-6-12/h2-10,16H,11H2,1H3,(H,17,18). The molecular formula is C15H16N2O2. The van der Waals surface area contributed by atoms with Gasteiger partial charge in [0, 0.05) is 7.05 Å². The first-order chi connectivity index (χ1) is 9.29. The fourth-order valence-electron chi connectivity index (χ4n) is 1.70. The molecule has 2 rings (SSSR count). The maximum Gasteiger partial charge on any atom is 0.271 e. The Balaban J connectivity index is 1.97. The van der Waals surface area contributed by atoms with Crippen LogP contribution < -0.4 is 15.6 Å². The maximum atomic E-state index is 11.2. The minimum atomic E-state index is -0.213. The van der Waals surface area contributed by atoms with Crippen molar-refractivity contribution in [1.82, 2.24) is 10.9 Å². The molecule has 0 spiro atoms. The highest BCUT2D eigenvalue weighted by Gasteiger charge is 2.01. The van der Waals surface area contributed by atoms with Gasteiger partial charge in [-0.2, -0.15) is 0 Å². The van der Waals surface area contributed by atoms with Crippen molar-refractivity contribution in [3.63, 3.8) is 0 Å². The molecule has 0 heterocycles. The van der Waals surface area contributed by atoms with E-state index >= 15 is 0 Å². The minimum absolute atomic E-state index is 0.00841. The van der Waals surface area contributed by atoms with Crippen LogP contribution >= 0.6 is 0 Å². The summed E-state index contributed by atoms with van der Waals surface area (Å²) in [5, 5.41) is 0. The SMILES string of the molecule is CNNC(=O)COc1ccc(-c2ccccc2)cc1. The van der Waals surface area contributed by atoms with E-state index in [1.807, 2.05) is 42.5 Å². The number of carbonyl (C=O) groups is 1. The third kappa shape index (κ3) is 3.82. The van der Waals surface area contributed by atoms with Crippen molar-refractivity contribution >= 4 is 5.91 Å². The molecule has 0 aliphatic heterocycles. The van der Waals surface area contributed by atoms with Crippen LogP contribution in [0.25, 0.3) is 11.1 Å². The molecule has 0 fully saturated rings. The van der Waals surface area contributed by atoms with Crippen LogP contribution in [0.5, 0.6) is 5.75 Å². The monoisotopic (exact) mass is 256 g/mol. The molecule has 0 aliphatic carbocycles. The minimum Gasteiger partial charge on any atom is -0.484 e. The van der Waals surface area contributed by atoms with Gasteiger partial charge < -0.3 is 4.74 Å². The molecule has 0 aliphatic rings. The van der Waals surface area contributed by atoms with E-state index in [2.05, 4.69) is 23.0 Å². The summed E-state index contributed by atoms with van der Waals surface area (Å²) in [6.45, 7) is -0.00841. The fraction of sp³-hybridized carbons (Fsp3) is 0.133. The second-order valence-corrected chi connectivity index (χ2v) is 3.98. The summed E-state index contributed by atoms with van der Waals surface area (Å²) in [4.78, 5) is 11.2. The quantitative estimate of drug-likeness (QED) is 0.804. The summed E-state index contributed by atoms with van der Waals surface area (Å²) in [7, 11) is 1.63. The largest absolute Gasteiger partial charge is 0.484 e. The number of ether oxygens (including phenoxy) is 1. The second kappa shape index (κ2) is 6.56. The van der Waals surface area contributed by atoms with Gasteiger partial charge in [0.15, 0.2) is 6.61 Å². The van der Waals surface area contributed by atoms with Crippen LogP contribution in [0.15, 0.2) is 54.6 Å². The summed E-state index contributed by atoms with van der Waals surface area (Å²) in [6, 6.07) is 17.8. The summed E-state index contributed by atoms with van der Waals surface area (Å²) in [5.74, 6) is 0.459. The first-order valence-electron chi connectivity index (χ1n) is 6.03. The van der Waals surface area contributed by atoms with Crippen molar-refractivity contribution in [3.8, 4) is 16.9 Å². The van der Waals surface area contributed by atoms with Crippen LogP contribution in [0.1, 0.15) is 0 Å². The molecule has 0 bridgehead atoms. The van der Waals surface area contributed by atoms with Crippen molar-refractivity contribution in [2.24, 2.45) is 0 Å². The van der Waals surface area contributed by atoms with Gasteiger partial charge in [0.1, 0.15) is 5.75 Å². The predicted molar refractivity (Wildman–Crippen MR) is 74.6 cm³/mol. The molecule has 0 saturated heterocycles. The average molecular weight is 256 g/mol. The third-order valence-electron chi connectivity index (χ3n) is 2.60. The van der Waals surface area contributed by atoms with Gasteiger partial charge in [0.05, 0.1) is 0 Å². The van der Waals surface area contributed by atoms with E-state index in [-0.39, 0.29) is 12.5 Å². The normalized spacial score (nSPS) is 9.95. The van der Waals surface area contributed by atoms with Gasteiger partial charge in [0.2, 0.25) is 0 Å². The Morgan fingerprint density at radius 1 is 1.00 bits per heavy atom. The number of benzene rings is 2. The van der Waals surface area contributed by atoms with Gasteiger partial charge in [-0.05, 0) is 23.3 Å². The van der Waals surface area contributed by atoms with E-state index in [0.29, 0.717) is 5.75 Å². The van der Waals surface area contributed by atoms with Gasteiger partial charge >= 0.3 is 0 Å². The fourth-order valence-corrected chi connectivity index (χ4v) is 1.70. The van der Waals surface area contributed by atoms with E-state index in [9.17, 15) is 4.79 Å². The van der Waals surface area contributed by atoms with Gasteiger partial charge in [-0.3, -0.25) is 10.2 Å². The Kier molecular flexibility index (Phi) is 4.53. The lowest BCUT2D eigenvalue weighted by Crippen LogP contribution is -2.37. The van der Waals surface area contributed by atoms with Crippen molar-refractivity contribution in [3.05, 3.63) is 54.6 Å². The number of carbonyl (C=O) groups excluding carboxylic acids is 1. The summed E-state index contributed by atoms with van der Waals surface area (Å²) in [5.41, 5.74) is 7.27. The molecule has 19 heavy (non-hydrogen) atoms. The molecule has 2 aromatic rings. The highest BCUT2D eigenvalue weighted by Crippen LogP contribution is 2.21. The Hall–Kier alpha value is -2.33. The van der Waals surface area contributed by atoms with Crippen molar-refractivity contribution in [2.45, 2.75) is 0 Å². The maximum absolute atomic E-state index is 11.2. The topological polar surface area (TPSA) is 50.4 Å². The summed E-state index contributed by atoms with van der Waals surface area (Å²) in [6.07, 6.45) is 0. The smallest absolute Gasteiger partial charge is 0.271 e. The lowest BCUT2D eigenvalue weighted by atomic mass is 10.1. The van der Waals surface area contributed by atoms with Crippen LogP contribution in [0.4, 0.5) is 0 Å². The predicted octanol–water partition coefficient (Wildman–Crippen LogP) is 1.98. The Morgan fingerprint density at radius 3 is 2.26 bits per heavy atom. The number of hydrogen-bond donors (Lipinski definition) is 2. The van der Waals surface area contributed by atoms with Gasteiger partial charge in [-0.25, -0.2) is 5.43 Å². The van der Waals surface area contributed by atoms with E-state index in [0.717, 1.165) is 11.1 Å². The molecular weight excluding hydrogens is 240 g/mol. The Labute approximate surface area is 112 Å². The average Bonchev–Trinajstić information content (AvgIpc) is 2.47. The highest BCUT2D eigenvalue weighted by molar-refractivity contribution is 5.77. The van der Waals surface area contributed by atoms with Gasteiger partial charge in [-0.15, -0.1) is 0 Å². The van der Waals surface area contributed by atoms with E-state index in [4.69, 9.17) is 4.74 Å². The molecule has 0 atom stereocenters. The molecule has 0 radical (unpaired) electrons. The highest BCUT2D eigenvalue weighted by atomic mass is 16.5. The molecule has 4 heteroatoms. The molecule has 0 saturated carbocycles. The molecule has 2 N–H and O–H groups in total. The molecule has 98 valence electrons. The number of nitrogens with one attached hydrogen (secondary N) is 2. The van der Waals surface area contributed by atoms with E-state index < -0.39 is 0 Å². The van der Waals surface area contributed by atoms with Crippen LogP contribution in [0, 0.1) is 0 Å². The first kappa shape index (κ1) is 13.1. The number of rotatable bonds is 5.